The molecule has 1 aromatic rings. The number of nitrogens with one attached hydrogen (secondary N) is 1. The Balaban J connectivity index is 2.12. The zero-order valence-corrected chi connectivity index (χ0v) is 19.1. The smallest absolute Gasteiger partial charge is 0.420 e. The summed E-state index contributed by atoms with van der Waals surface area (Å²) in [5, 5.41) is 0.929. The molecule has 0 aliphatic carbocycles. The molecule has 29 heavy (non-hydrogen) atoms. The fourth-order valence-corrected chi connectivity index (χ4v) is 5.05. The molecule has 0 bridgehead atoms. The van der Waals surface area contributed by atoms with Crippen molar-refractivity contribution in [2.24, 2.45) is 4.99 Å². The van der Waals surface area contributed by atoms with Crippen LogP contribution in [0.2, 0.25) is 5.02 Å². The standard InChI is InChI=1S/C16H18BrClN5O5S/c1-9-5-6-10(17)14(13(9)18)20-29(26,27)15-19-11-7-12(24)21(2)23(11,3)8-22(15)16(25)28-4/h5-7,20H,8H2,1-4H3/q+1. The molecule has 2 heterocycles. The summed E-state index contributed by atoms with van der Waals surface area (Å²) in [5.41, 5.74) is 0.758. The van der Waals surface area contributed by atoms with Gasteiger partial charge in [-0.2, -0.15) is 27.9 Å². The van der Waals surface area contributed by atoms with Gasteiger partial charge in [0, 0.05) is 4.47 Å². The molecule has 0 saturated carbocycles. The number of methoxy groups -OCH3 is 1. The average Bonchev–Trinajstić information content (AvgIpc) is 2.89. The Morgan fingerprint density at radius 1 is 1.41 bits per heavy atom. The Morgan fingerprint density at radius 3 is 2.69 bits per heavy atom. The predicted molar refractivity (Wildman–Crippen MR) is 110 cm³/mol. The molecule has 10 nitrogen and oxygen atoms in total. The molecular formula is C16H18BrClN5O5S+. The van der Waals surface area contributed by atoms with E-state index < -0.39 is 21.3 Å². The number of quaternary nitrogens is 1. The molecular weight excluding hydrogens is 490 g/mol. The third kappa shape index (κ3) is 3.50. The van der Waals surface area contributed by atoms with Crippen molar-refractivity contribution < 1.29 is 27.3 Å². The fraction of sp³-hybridized carbons (Fsp3) is 0.312. The summed E-state index contributed by atoms with van der Waals surface area (Å²) in [5.74, 6) is -0.195. The summed E-state index contributed by atoms with van der Waals surface area (Å²) in [7, 11) is -0.0976. The van der Waals surface area contributed by atoms with Gasteiger partial charge in [-0.25, -0.2) is 4.79 Å². The van der Waals surface area contributed by atoms with Crippen LogP contribution in [0, 0.1) is 6.92 Å². The van der Waals surface area contributed by atoms with E-state index in [-0.39, 0.29) is 33.7 Å². The first-order valence-corrected chi connectivity index (χ1v) is 10.9. The summed E-state index contributed by atoms with van der Waals surface area (Å²) in [4.78, 5) is 29.4. The second kappa shape index (κ2) is 7.27. The number of halogens is 2. The van der Waals surface area contributed by atoms with Gasteiger partial charge >= 0.3 is 6.09 Å². The summed E-state index contributed by atoms with van der Waals surface area (Å²) in [6.45, 7) is 1.52. The number of hydrogen-bond acceptors (Lipinski definition) is 6. The van der Waals surface area contributed by atoms with Gasteiger partial charge in [0.2, 0.25) is 0 Å². The van der Waals surface area contributed by atoms with Gasteiger partial charge in [0.1, 0.15) is 0 Å². The maximum atomic E-state index is 13.2. The van der Waals surface area contributed by atoms with Gasteiger partial charge in [0.25, 0.3) is 26.9 Å². The second-order valence-corrected chi connectivity index (χ2v) is 9.40. The lowest BCUT2D eigenvalue weighted by atomic mass is 10.2. The summed E-state index contributed by atoms with van der Waals surface area (Å²) in [6, 6.07) is 3.36. The first kappa shape index (κ1) is 21.6. The molecule has 0 saturated heterocycles. The molecule has 1 atom stereocenters. The number of fused-ring (bicyclic) bond motifs is 1. The van der Waals surface area contributed by atoms with Crippen molar-refractivity contribution in [2.75, 3.05) is 32.6 Å². The van der Waals surface area contributed by atoms with Crippen LogP contribution >= 0.6 is 27.5 Å². The van der Waals surface area contributed by atoms with Crippen LogP contribution in [0.15, 0.2) is 33.5 Å². The number of ether oxygens (including phenoxy) is 1. The van der Waals surface area contributed by atoms with Crippen LogP contribution < -0.4 is 4.72 Å². The number of carbonyl (C=O) groups excluding carboxylic acids is 2. The molecule has 1 unspecified atom stereocenters. The minimum atomic E-state index is -4.37. The van der Waals surface area contributed by atoms with E-state index in [0.717, 1.165) is 12.0 Å². The monoisotopic (exact) mass is 506 g/mol. The number of aliphatic imine (C=N–C) groups is 1. The highest BCUT2D eigenvalue weighted by Gasteiger charge is 2.52. The lowest BCUT2D eigenvalue weighted by Crippen LogP contribution is -2.63. The van der Waals surface area contributed by atoms with Crippen molar-refractivity contribution in [1.82, 2.24) is 9.91 Å². The van der Waals surface area contributed by atoms with Gasteiger partial charge in [-0.3, -0.25) is 9.52 Å². The van der Waals surface area contributed by atoms with Gasteiger partial charge in [-0.05, 0) is 34.5 Å². The molecule has 2 aliphatic heterocycles. The van der Waals surface area contributed by atoms with Crippen LogP contribution in [-0.2, 0) is 19.6 Å². The van der Waals surface area contributed by atoms with Gasteiger partial charge in [0.05, 0.1) is 38.0 Å². The van der Waals surface area contributed by atoms with E-state index in [9.17, 15) is 18.0 Å². The van der Waals surface area contributed by atoms with Crippen LogP contribution in [0.5, 0.6) is 0 Å². The maximum Gasteiger partial charge on any atom is 0.420 e. The lowest BCUT2D eigenvalue weighted by molar-refractivity contribution is -0.974. The van der Waals surface area contributed by atoms with E-state index in [0.29, 0.717) is 10.0 Å². The lowest BCUT2D eigenvalue weighted by Gasteiger charge is -2.40. The van der Waals surface area contributed by atoms with Crippen molar-refractivity contribution in [3.63, 3.8) is 0 Å². The predicted octanol–water partition coefficient (Wildman–Crippen LogP) is 2.22. The molecule has 0 fully saturated rings. The Morgan fingerprint density at radius 2 is 2.07 bits per heavy atom. The zero-order chi connectivity index (χ0) is 21.7. The highest BCUT2D eigenvalue weighted by molar-refractivity contribution is 9.10. The van der Waals surface area contributed by atoms with Crippen molar-refractivity contribution in [2.45, 2.75) is 6.92 Å². The maximum absolute atomic E-state index is 13.2. The quantitative estimate of drug-likeness (QED) is 0.618. The SMILES string of the molecule is COC(=O)N1C[N+]2(C)C(=CC(=O)N2C)N=C1S(=O)(=O)Nc1c(Br)ccc(C)c1Cl. The highest BCUT2D eigenvalue weighted by Crippen LogP contribution is 2.36. The number of rotatable bonds is 2. The number of anilines is 1. The Kier molecular flexibility index (Phi) is 5.41. The highest BCUT2D eigenvalue weighted by atomic mass is 79.9. The normalized spacial score (nSPS) is 21.5. The van der Waals surface area contributed by atoms with Crippen molar-refractivity contribution in [3.05, 3.63) is 39.1 Å². The summed E-state index contributed by atoms with van der Waals surface area (Å²) >= 11 is 9.51. The molecule has 0 spiro atoms. The van der Waals surface area contributed by atoms with Crippen LogP contribution in [0.1, 0.15) is 5.56 Å². The van der Waals surface area contributed by atoms with E-state index in [2.05, 4.69) is 25.6 Å². The Hall–Kier alpha value is -2.15. The number of amides is 2. The molecule has 2 amide bonds. The number of carbonyl (C=O) groups is 2. The van der Waals surface area contributed by atoms with Gasteiger partial charge in [-0.1, -0.05) is 17.7 Å². The van der Waals surface area contributed by atoms with E-state index in [1.54, 1.807) is 26.1 Å². The van der Waals surface area contributed by atoms with Gasteiger partial charge < -0.3 is 4.74 Å². The molecule has 1 aromatic carbocycles. The number of hydrogen-bond donors (Lipinski definition) is 1. The summed E-state index contributed by atoms with van der Waals surface area (Å²) < 4.78 is 33.6. The minimum absolute atomic E-state index is 0.107. The fourth-order valence-electron chi connectivity index (χ4n) is 2.90. The topological polar surface area (TPSA) is 108 Å². The number of aryl methyl sites for hydroxylation is 1. The third-order valence-corrected chi connectivity index (χ3v) is 7.15. The molecule has 3 rings (SSSR count). The van der Waals surface area contributed by atoms with Gasteiger partial charge in [0.15, 0.2) is 6.67 Å². The van der Waals surface area contributed by atoms with Crippen molar-refractivity contribution in [1.29, 1.82) is 0 Å². The van der Waals surface area contributed by atoms with Gasteiger partial charge in [-0.15, -0.1) is 0 Å². The van der Waals surface area contributed by atoms with E-state index in [1.165, 1.54) is 18.1 Å². The number of amidine groups is 1. The average molecular weight is 508 g/mol. The van der Waals surface area contributed by atoms with Crippen LogP contribution in [0.3, 0.4) is 0 Å². The van der Waals surface area contributed by atoms with E-state index in [4.69, 9.17) is 16.3 Å². The first-order valence-electron chi connectivity index (χ1n) is 8.20. The first-order chi connectivity index (χ1) is 13.4. The minimum Gasteiger partial charge on any atom is -0.452 e. The zero-order valence-electron chi connectivity index (χ0n) is 15.9. The van der Waals surface area contributed by atoms with E-state index in [1.807, 2.05) is 0 Å². The number of sulfonamides is 1. The largest absolute Gasteiger partial charge is 0.452 e. The van der Waals surface area contributed by atoms with Crippen molar-refractivity contribution in [3.8, 4) is 0 Å². The van der Waals surface area contributed by atoms with E-state index >= 15 is 0 Å². The summed E-state index contributed by atoms with van der Waals surface area (Å²) in [6.07, 6.45) is 0.286. The second-order valence-electron chi connectivity index (χ2n) is 6.60. The van der Waals surface area contributed by atoms with Crippen LogP contribution in [0.25, 0.3) is 0 Å². The number of nitrogens with zero attached hydrogens (tertiary/aromatic N) is 4. The third-order valence-electron chi connectivity index (χ3n) is 4.74. The molecule has 156 valence electrons. The molecule has 0 radical (unpaired) electrons. The Bertz CT molecular complexity index is 1090. The molecule has 13 heteroatoms. The number of likely N-dealkylation sites (N-methyl/N-ethyl adjacent to an activating group) is 1. The molecule has 1 N–H and O–H groups in total. The van der Waals surface area contributed by atoms with Crippen LogP contribution in [0.4, 0.5) is 10.5 Å². The number of benzene rings is 1. The molecule has 0 aromatic heterocycles. The van der Waals surface area contributed by atoms with Crippen LogP contribution in [-0.4, -0.2) is 68.0 Å². The molecule has 2 aliphatic rings. The Labute approximate surface area is 181 Å². The van der Waals surface area contributed by atoms with Crippen molar-refractivity contribution >= 4 is 60.4 Å².